The number of hydrogen-bond acceptors (Lipinski definition) is 2. The molecule has 0 saturated heterocycles. The maximum absolute atomic E-state index is 10.2. The highest BCUT2D eigenvalue weighted by molar-refractivity contribution is 6.30. The Morgan fingerprint density at radius 2 is 2.00 bits per heavy atom. The minimum absolute atomic E-state index is 0.204. The fourth-order valence-electron chi connectivity index (χ4n) is 2.04. The van der Waals surface area contributed by atoms with Crippen LogP contribution in [0.25, 0.3) is 0 Å². The summed E-state index contributed by atoms with van der Waals surface area (Å²) in [5.74, 6) is 0. The van der Waals surface area contributed by atoms with Crippen molar-refractivity contribution in [2.75, 3.05) is 6.61 Å². The molecule has 82 valence electrons. The zero-order valence-corrected chi connectivity index (χ0v) is 9.50. The molecule has 1 aromatic carbocycles. The summed E-state index contributed by atoms with van der Waals surface area (Å²) in [4.78, 5) is 0. The number of hydrogen-bond donors (Lipinski definition) is 1. The van der Waals surface area contributed by atoms with Crippen LogP contribution in [-0.2, 0) is 10.3 Å². The lowest BCUT2D eigenvalue weighted by Crippen LogP contribution is -2.45. The van der Waals surface area contributed by atoms with E-state index >= 15 is 0 Å². The molecule has 1 N–H and O–H groups in total. The number of aliphatic hydroxyl groups is 1. The Kier molecular flexibility index (Phi) is 3.01. The van der Waals surface area contributed by atoms with Crippen LogP contribution >= 0.6 is 11.6 Å². The van der Waals surface area contributed by atoms with Gasteiger partial charge < -0.3 is 9.84 Å². The van der Waals surface area contributed by atoms with Crippen molar-refractivity contribution in [1.29, 1.82) is 0 Å². The molecule has 15 heavy (non-hydrogen) atoms. The van der Waals surface area contributed by atoms with E-state index in [0.717, 1.165) is 5.56 Å². The second-order valence-corrected chi connectivity index (χ2v) is 4.46. The summed E-state index contributed by atoms with van der Waals surface area (Å²) in [5, 5.41) is 10.9. The summed E-state index contributed by atoms with van der Waals surface area (Å²) in [6, 6.07) is 7.38. The standard InChI is InChI=1S/C12H15ClO2/c1-2-15-11-7-12(14,8-11)9-3-5-10(13)6-4-9/h3-6,11,14H,2,7-8H2,1H3. The monoisotopic (exact) mass is 226 g/mol. The number of ether oxygens (including phenoxy) is 1. The van der Waals surface area contributed by atoms with Gasteiger partial charge in [0.2, 0.25) is 0 Å². The molecule has 0 bridgehead atoms. The molecule has 0 aromatic heterocycles. The maximum atomic E-state index is 10.2. The van der Waals surface area contributed by atoms with Gasteiger partial charge in [-0.15, -0.1) is 0 Å². The van der Waals surface area contributed by atoms with Gasteiger partial charge >= 0.3 is 0 Å². The molecule has 0 heterocycles. The van der Waals surface area contributed by atoms with Crippen molar-refractivity contribution in [3.63, 3.8) is 0 Å². The summed E-state index contributed by atoms with van der Waals surface area (Å²) in [6.07, 6.45) is 1.57. The van der Waals surface area contributed by atoms with Crippen LogP contribution in [0.2, 0.25) is 5.02 Å². The molecule has 1 saturated carbocycles. The first-order chi connectivity index (χ1) is 7.14. The molecule has 1 aliphatic carbocycles. The van der Waals surface area contributed by atoms with Crippen LogP contribution in [-0.4, -0.2) is 17.8 Å². The molecular formula is C12H15ClO2. The number of halogens is 1. The number of rotatable bonds is 3. The molecular weight excluding hydrogens is 212 g/mol. The van der Waals surface area contributed by atoms with Crippen molar-refractivity contribution in [2.24, 2.45) is 0 Å². The van der Waals surface area contributed by atoms with E-state index in [9.17, 15) is 5.11 Å². The molecule has 3 heteroatoms. The van der Waals surface area contributed by atoms with Crippen molar-refractivity contribution < 1.29 is 9.84 Å². The zero-order valence-electron chi connectivity index (χ0n) is 8.74. The van der Waals surface area contributed by atoms with Crippen molar-refractivity contribution in [3.8, 4) is 0 Å². The van der Waals surface area contributed by atoms with E-state index in [1.54, 1.807) is 0 Å². The van der Waals surface area contributed by atoms with Gasteiger partial charge in [-0.2, -0.15) is 0 Å². The zero-order chi connectivity index (χ0) is 10.9. The second-order valence-electron chi connectivity index (χ2n) is 4.02. The average Bonchev–Trinajstić information content (AvgIpc) is 2.16. The van der Waals surface area contributed by atoms with Crippen LogP contribution in [0.4, 0.5) is 0 Å². The average molecular weight is 227 g/mol. The summed E-state index contributed by atoms with van der Waals surface area (Å²) in [6.45, 7) is 2.68. The highest BCUT2D eigenvalue weighted by Gasteiger charge is 2.44. The van der Waals surface area contributed by atoms with Gasteiger partial charge in [0.05, 0.1) is 11.7 Å². The van der Waals surface area contributed by atoms with E-state index in [0.29, 0.717) is 24.5 Å². The molecule has 0 atom stereocenters. The lowest BCUT2D eigenvalue weighted by Gasteiger charge is -2.43. The van der Waals surface area contributed by atoms with Gasteiger partial charge in [-0.1, -0.05) is 23.7 Å². The third-order valence-electron chi connectivity index (χ3n) is 2.91. The normalized spacial score (nSPS) is 29.9. The Bertz CT molecular complexity index is 328. The Morgan fingerprint density at radius 1 is 1.40 bits per heavy atom. The molecule has 1 fully saturated rings. The molecule has 0 unspecified atom stereocenters. The molecule has 0 amide bonds. The van der Waals surface area contributed by atoms with Gasteiger partial charge in [-0.25, -0.2) is 0 Å². The first kappa shape index (κ1) is 10.9. The summed E-state index contributed by atoms with van der Waals surface area (Å²) in [5.41, 5.74) is 0.229. The Balaban J connectivity index is 2.03. The largest absolute Gasteiger partial charge is 0.385 e. The Labute approximate surface area is 94.8 Å². The summed E-state index contributed by atoms with van der Waals surface area (Å²) >= 11 is 5.80. The summed E-state index contributed by atoms with van der Waals surface area (Å²) < 4.78 is 5.43. The molecule has 0 radical (unpaired) electrons. The SMILES string of the molecule is CCOC1CC(O)(c2ccc(Cl)cc2)C1. The van der Waals surface area contributed by atoms with Crippen LogP contribution < -0.4 is 0 Å². The predicted octanol–water partition coefficient (Wildman–Crippen LogP) is 2.73. The van der Waals surface area contributed by atoms with Gasteiger partial charge in [0, 0.05) is 24.5 Å². The van der Waals surface area contributed by atoms with E-state index in [4.69, 9.17) is 16.3 Å². The van der Waals surface area contributed by atoms with Gasteiger partial charge in [0.25, 0.3) is 0 Å². The van der Waals surface area contributed by atoms with Crippen LogP contribution in [0.5, 0.6) is 0 Å². The lowest BCUT2D eigenvalue weighted by molar-refractivity contribution is -0.142. The molecule has 1 aromatic rings. The summed E-state index contributed by atoms with van der Waals surface area (Å²) in [7, 11) is 0. The first-order valence-electron chi connectivity index (χ1n) is 5.24. The number of benzene rings is 1. The van der Waals surface area contributed by atoms with Gasteiger partial charge in [-0.3, -0.25) is 0 Å². The van der Waals surface area contributed by atoms with Crippen molar-refractivity contribution in [2.45, 2.75) is 31.5 Å². The van der Waals surface area contributed by atoms with E-state index in [2.05, 4.69) is 0 Å². The molecule has 2 rings (SSSR count). The smallest absolute Gasteiger partial charge is 0.0946 e. The Morgan fingerprint density at radius 3 is 2.53 bits per heavy atom. The topological polar surface area (TPSA) is 29.5 Å². The van der Waals surface area contributed by atoms with E-state index in [1.807, 2.05) is 31.2 Å². The molecule has 2 nitrogen and oxygen atoms in total. The van der Waals surface area contributed by atoms with Gasteiger partial charge in [0.1, 0.15) is 0 Å². The van der Waals surface area contributed by atoms with E-state index in [-0.39, 0.29) is 6.10 Å². The minimum Gasteiger partial charge on any atom is -0.385 e. The molecule has 0 aliphatic heterocycles. The van der Waals surface area contributed by atoms with Gasteiger partial charge in [-0.05, 0) is 24.6 Å². The van der Waals surface area contributed by atoms with Crippen LogP contribution in [0.1, 0.15) is 25.3 Å². The predicted molar refractivity (Wildman–Crippen MR) is 60.0 cm³/mol. The van der Waals surface area contributed by atoms with Gasteiger partial charge in [0.15, 0.2) is 0 Å². The minimum atomic E-state index is -0.704. The van der Waals surface area contributed by atoms with Crippen molar-refractivity contribution >= 4 is 11.6 Å². The highest BCUT2D eigenvalue weighted by atomic mass is 35.5. The molecule has 1 aliphatic rings. The third kappa shape index (κ3) is 2.17. The van der Waals surface area contributed by atoms with Crippen molar-refractivity contribution in [1.82, 2.24) is 0 Å². The van der Waals surface area contributed by atoms with Crippen LogP contribution in [0, 0.1) is 0 Å². The van der Waals surface area contributed by atoms with E-state index in [1.165, 1.54) is 0 Å². The highest BCUT2D eigenvalue weighted by Crippen LogP contribution is 2.43. The first-order valence-corrected chi connectivity index (χ1v) is 5.62. The lowest BCUT2D eigenvalue weighted by atomic mass is 9.73. The van der Waals surface area contributed by atoms with E-state index < -0.39 is 5.60 Å². The molecule has 0 spiro atoms. The van der Waals surface area contributed by atoms with Crippen molar-refractivity contribution in [3.05, 3.63) is 34.9 Å². The third-order valence-corrected chi connectivity index (χ3v) is 3.17. The fraction of sp³-hybridized carbons (Fsp3) is 0.500. The second kappa shape index (κ2) is 4.12. The van der Waals surface area contributed by atoms with Crippen LogP contribution in [0.15, 0.2) is 24.3 Å². The fourth-order valence-corrected chi connectivity index (χ4v) is 2.17. The maximum Gasteiger partial charge on any atom is 0.0946 e. The quantitative estimate of drug-likeness (QED) is 0.859. The van der Waals surface area contributed by atoms with Crippen LogP contribution in [0.3, 0.4) is 0 Å². The Hall–Kier alpha value is -0.570.